The quantitative estimate of drug-likeness (QED) is 0.745. The van der Waals surface area contributed by atoms with E-state index in [2.05, 4.69) is 10.4 Å². The van der Waals surface area contributed by atoms with Crippen molar-refractivity contribution < 1.29 is 9.53 Å². The smallest absolute Gasteiger partial charge is 0.263 e. The number of hydrogen-bond donors (Lipinski definition) is 1. The Morgan fingerprint density at radius 2 is 2.00 bits per heavy atom. The van der Waals surface area contributed by atoms with Crippen LogP contribution >= 0.6 is 11.3 Å². The molecule has 2 heterocycles. The van der Waals surface area contributed by atoms with Crippen LogP contribution in [0.15, 0.2) is 48.0 Å². The summed E-state index contributed by atoms with van der Waals surface area (Å²) in [7, 11) is 0. The number of amides is 1. The zero-order valence-corrected chi connectivity index (χ0v) is 14.5. The van der Waals surface area contributed by atoms with Gasteiger partial charge in [-0.25, -0.2) is 4.68 Å². The van der Waals surface area contributed by atoms with Gasteiger partial charge < -0.3 is 10.1 Å². The number of nitrogens with one attached hydrogen (secondary N) is 1. The number of ether oxygens (including phenoxy) is 1. The highest BCUT2D eigenvalue weighted by atomic mass is 32.1. The summed E-state index contributed by atoms with van der Waals surface area (Å²) < 4.78 is 7.45. The number of para-hydroxylation sites is 1. The third-order valence-corrected chi connectivity index (χ3v) is 4.49. The summed E-state index contributed by atoms with van der Waals surface area (Å²) in [4.78, 5) is 13.4. The van der Waals surface area contributed by atoms with Crippen molar-refractivity contribution >= 4 is 23.1 Å². The molecule has 1 N–H and O–H groups in total. The molecule has 0 atom stereocenters. The lowest BCUT2D eigenvalue weighted by Gasteiger charge is -2.12. The van der Waals surface area contributed by atoms with E-state index in [1.54, 1.807) is 28.3 Å². The Labute approximate surface area is 144 Å². The van der Waals surface area contributed by atoms with E-state index in [0.29, 0.717) is 12.4 Å². The van der Waals surface area contributed by atoms with Crippen molar-refractivity contribution in [1.29, 1.82) is 0 Å². The van der Waals surface area contributed by atoms with Crippen molar-refractivity contribution in [3.63, 3.8) is 0 Å². The molecule has 0 fully saturated rings. The fourth-order valence-corrected chi connectivity index (χ4v) is 3.14. The van der Waals surface area contributed by atoms with Gasteiger partial charge in [0.15, 0.2) is 6.61 Å². The molecule has 0 aliphatic carbocycles. The summed E-state index contributed by atoms with van der Waals surface area (Å²) in [6, 6.07) is 11.7. The monoisotopic (exact) mass is 341 g/mol. The van der Waals surface area contributed by atoms with Gasteiger partial charge in [-0.2, -0.15) is 5.10 Å². The molecule has 0 aliphatic rings. The molecule has 5 nitrogen and oxygen atoms in total. The predicted molar refractivity (Wildman–Crippen MR) is 95.7 cm³/mol. The molecule has 0 radical (unpaired) electrons. The van der Waals surface area contributed by atoms with Gasteiger partial charge in [0.25, 0.3) is 5.91 Å². The highest BCUT2D eigenvalue weighted by molar-refractivity contribution is 7.09. The summed E-state index contributed by atoms with van der Waals surface area (Å²) in [5.74, 6) is 1.23. The number of rotatable bonds is 6. The van der Waals surface area contributed by atoms with Crippen molar-refractivity contribution in [3.05, 3.63) is 64.0 Å². The minimum atomic E-state index is -0.203. The minimum absolute atomic E-state index is 0.0319. The number of aromatic nitrogens is 2. The van der Waals surface area contributed by atoms with Gasteiger partial charge in [0.05, 0.1) is 12.7 Å². The fraction of sp³-hybridized carbons (Fsp3) is 0.222. The highest BCUT2D eigenvalue weighted by Gasteiger charge is 2.10. The first-order valence-electron chi connectivity index (χ1n) is 7.66. The van der Waals surface area contributed by atoms with Gasteiger partial charge in [-0.05, 0) is 36.4 Å². The molecule has 1 aromatic carbocycles. The molecule has 6 heteroatoms. The Balaban J connectivity index is 1.61. The van der Waals surface area contributed by atoms with Crippen molar-refractivity contribution in [2.24, 2.45) is 0 Å². The van der Waals surface area contributed by atoms with Gasteiger partial charge in [0.2, 0.25) is 0 Å². The molecule has 0 saturated carbocycles. The van der Waals surface area contributed by atoms with E-state index in [0.717, 1.165) is 16.9 Å². The molecule has 0 saturated heterocycles. The number of benzene rings is 1. The van der Waals surface area contributed by atoms with Crippen LogP contribution < -0.4 is 10.1 Å². The van der Waals surface area contributed by atoms with E-state index in [4.69, 9.17) is 4.74 Å². The largest absolute Gasteiger partial charge is 0.483 e. The lowest BCUT2D eigenvalue weighted by molar-refractivity contribution is -0.118. The Morgan fingerprint density at radius 3 is 2.71 bits per heavy atom. The second kappa shape index (κ2) is 7.31. The molecule has 0 unspecified atom stereocenters. The lowest BCUT2D eigenvalue weighted by atomic mass is 10.1. The number of anilines is 1. The third-order valence-electron chi connectivity index (χ3n) is 3.63. The molecule has 0 bridgehead atoms. The van der Waals surface area contributed by atoms with Crippen molar-refractivity contribution in [3.8, 4) is 5.75 Å². The van der Waals surface area contributed by atoms with Gasteiger partial charge in [-0.15, -0.1) is 11.3 Å². The Bertz CT molecular complexity index is 804. The van der Waals surface area contributed by atoms with E-state index in [-0.39, 0.29) is 12.5 Å². The topological polar surface area (TPSA) is 56.1 Å². The van der Waals surface area contributed by atoms with E-state index in [1.807, 2.05) is 49.6 Å². The number of aryl methyl sites for hydroxylation is 2. The maximum Gasteiger partial charge on any atom is 0.263 e. The first-order valence-corrected chi connectivity index (χ1v) is 8.54. The Morgan fingerprint density at radius 1 is 1.21 bits per heavy atom. The van der Waals surface area contributed by atoms with Crippen molar-refractivity contribution in [2.45, 2.75) is 20.4 Å². The molecule has 0 aliphatic heterocycles. The van der Waals surface area contributed by atoms with Crippen LogP contribution in [-0.4, -0.2) is 22.3 Å². The predicted octanol–water partition coefficient (Wildman–Crippen LogP) is 3.63. The second-order valence-electron chi connectivity index (χ2n) is 5.51. The van der Waals surface area contributed by atoms with Crippen LogP contribution in [0.25, 0.3) is 0 Å². The normalized spacial score (nSPS) is 10.6. The molecule has 3 rings (SSSR count). The van der Waals surface area contributed by atoms with Crippen LogP contribution in [0.4, 0.5) is 5.82 Å². The van der Waals surface area contributed by atoms with E-state index >= 15 is 0 Å². The summed E-state index contributed by atoms with van der Waals surface area (Å²) in [6.45, 7) is 4.54. The van der Waals surface area contributed by atoms with Crippen LogP contribution in [0.2, 0.25) is 0 Å². The SMILES string of the molecule is Cc1cccc(C)c1OCC(=O)Nc1ccnn1Cc1cccs1. The zero-order chi connectivity index (χ0) is 16.9. The number of thiophene rings is 1. The van der Waals surface area contributed by atoms with Gasteiger partial charge in [-0.1, -0.05) is 24.3 Å². The lowest BCUT2D eigenvalue weighted by Crippen LogP contribution is -2.22. The highest BCUT2D eigenvalue weighted by Crippen LogP contribution is 2.22. The third kappa shape index (κ3) is 3.83. The fourth-order valence-electron chi connectivity index (χ4n) is 2.46. The Hall–Kier alpha value is -2.60. The van der Waals surface area contributed by atoms with Crippen LogP contribution in [0, 0.1) is 13.8 Å². The average Bonchev–Trinajstić information content (AvgIpc) is 3.20. The maximum absolute atomic E-state index is 12.2. The summed E-state index contributed by atoms with van der Waals surface area (Å²) >= 11 is 1.66. The second-order valence-corrected chi connectivity index (χ2v) is 6.54. The molecule has 124 valence electrons. The molecule has 24 heavy (non-hydrogen) atoms. The zero-order valence-electron chi connectivity index (χ0n) is 13.7. The molecule has 0 spiro atoms. The molecular formula is C18H19N3O2S. The van der Waals surface area contributed by atoms with Gasteiger partial charge in [0.1, 0.15) is 11.6 Å². The van der Waals surface area contributed by atoms with E-state index < -0.39 is 0 Å². The van der Waals surface area contributed by atoms with Crippen LogP contribution in [0.1, 0.15) is 16.0 Å². The summed E-state index contributed by atoms with van der Waals surface area (Å²) in [5.41, 5.74) is 2.04. The van der Waals surface area contributed by atoms with Gasteiger partial charge in [-0.3, -0.25) is 4.79 Å². The molecule has 3 aromatic rings. The van der Waals surface area contributed by atoms with E-state index in [1.165, 1.54) is 4.88 Å². The van der Waals surface area contributed by atoms with E-state index in [9.17, 15) is 4.79 Å². The molecular weight excluding hydrogens is 322 g/mol. The average molecular weight is 341 g/mol. The van der Waals surface area contributed by atoms with Crippen molar-refractivity contribution in [1.82, 2.24) is 9.78 Å². The molecule has 1 amide bonds. The number of carbonyl (C=O) groups is 1. The van der Waals surface area contributed by atoms with Crippen LogP contribution in [0.3, 0.4) is 0 Å². The Kier molecular flexibility index (Phi) is 4.96. The van der Waals surface area contributed by atoms with Gasteiger partial charge in [0, 0.05) is 10.9 Å². The number of carbonyl (C=O) groups excluding carboxylic acids is 1. The summed E-state index contributed by atoms with van der Waals surface area (Å²) in [6.07, 6.45) is 1.68. The first-order chi connectivity index (χ1) is 11.6. The maximum atomic E-state index is 12.2. The minimum Gasteiger partial charge on any atom is -0.483 e. The van der Waals surface area contributed by atoms with Crippen molar-refractivity contribution in [2.75, 3.05) is 11.9 Å². The van der Waals surface area contributed by atoms with Crippen LogP contribution in [0.5, 0.6) is 5.75 Å². The summed E-state index contributed by atoms with van der Waals surface area (Å²) in [5, 5.41) is 9.14. The number of hydrogen-bond acceptors (Lipinski definition) is 4. The van der Waals surface area contributed by atoms with Gasteiger partial charge >= 0.3 is 0 Å². The molecule has 2 aromatic heterocycles. The standard InChI is InChI=1S/C18H19N3O2S/c1-13-5-3-6-14(2)18(13)23-12-17(22)20-16-8-9-19-21(16)11-15-7-4-10-24-15/h3-10H,11-12H2,1-2H3,(H,20,22). The van der Waals surface area contributed by atoms with Crippen LogP contribution in [-0.2, 0) is 11.3 Å². The first kappa shape index (κ1) is 16.3. The number of nitrogens with zero attached hydrogens (tertiary/aromatic N) is 2.